The Hall–Kier alpha value is -2.96. The average Bonchev–Trinajstić information content (AvgIpc) is 3.29. The number of nitrogens with zero attached hydrogens (tertiary/aromatic N) is 2. The molecule has 0 saturated carbocycles. The van der Waals surface area contributed by atoms with Crippen LogP contribution >= 0.6 is 11.3 Å². The summed E-state index contributed by atoms with van der Waals surface area (Å²) >= 11 is 0.876. The first-order valence-electron chi connectivity index (χ1n) is 9.72. The molecule has 2 heterocycles. The molecule has 0 saturated heterocycles. The number of amides is 1. The molecule has 7 nitrogen and oxygen atoms in total. The molecule has 1 aliphatic rings. The molecule has 0 fully saturated rings. The molecule has 0 spiro atoms. The van der Waals surface area contributed by atoms with Gasteiger partial charge in [0.05, 0.1) is 5.56 Å². The molecule has 3 aromatic rings. The first kappa shape index (κ1) is 23.2. The zero-order chi connectivity index (χ0) is 23.8. The Morgan fingerprint density at radius 3 is 2.48 bits per heavy atom. The van der Waals surface area contributed by atoms with Crippen molar-refractivity contribution in [3.8, 4) is 11.5 Å². The van der Waals surface area contributed by atoms with E-state index in [0.29, 0.717) is 25.3 Å². The minimum absolute atomic E-state index is 0.0690. The fourth-order valence-electron chi connectivity index (χ4n) is 3.34. The fraction of sp³-hybridized carbons (Fsp3) is 0.238. The van der Waals surface area contributed by atoms with Gasteiger partial charge in [0.25, 0.3) is 15.9 Å². The van der Waals surface area contributed by atoms with Crippen LogP contribution in [0.1, 0.15) is 27.2 Å². The maximum absolute atomic E-state index is 12.8. The van der Waals surface area contributed by atoms with Gasteiger partial charge < -0.3 is 9.64 Å². The summed E-state index contributed by atoms with van der Waals surface area (Å²) in [6.07, 6.45) is -3.87. The lowest BCUT2D eigenvalue weighted by Gasteiger charge is -2.28. The molecule has 4 rings (SSSR count). The third-order valence-electron chi connectivity index (χ3n) is 5.10. The van der Waals surface area contributed by atoms with Crippen molar-refractivity contribution < 1.29 is 31.1 Å². The standard InChI is InChI=1S/C21H18F3N3O4S2/c1-25-33(29,30)20-26-18(12-32-20)19(28)27-9-8-13-10-17(5-2-14(13)11-27)31-16-6-3-15(4-7-16)21(22,23)24/h2-7,10,12,25H,8-9,11H2,1H3. The summed E-state index contributed by atoms with van der Waals surface area (Å²) in [7, 11) is -2.44. The van der Waals surface area contributed by atoms with Gasteiger partial charge in [-0.2, -0.15) is 13.2 Å². The van der Waals surface area contributed by atoms with E-state index < -0.39 is 21.8 Å². The van der Waals surface area contributed by atoms with Crippen LogP contribution in [0.5, 0.6) is 11.5 Å². The Balaban J connectivity index is 1.45. The first-order chi connectivity index (χ1) is 15.6. The summed E-state index contributed by atoms with van der Waals surface area (Å²) in [5, 5.41) is 1.42. The van der Waals surface area contributed by atoms with E-state index in [1.165, 1.54) is 24.6 Å². The van der Waals surface area contributed by atoms with E-state index in [2.05, 4.69) is 9.71 Å². The molecule has 0 atom stereocenters. The topological polar surface area (TPSA) is 88.6 Å². The van der Waals surface area contributed by atoms with Crippen LogP contribution in [-0.4, -0.2) is 37.8 Å². The number of ether oxygens (including phenoxy) is 1. The van der Waals surface area contributed by atoms with Crippen LogP contribution in [0.15, 0.2) is 52.2 Å². The summed E-state index contributed by atoms with van der Waals surface area (Å²) < 4.78 is 69.5. The van der Waals surface area contributed by atoms with E-state index in [4.69, 9.17) is 4.74 Å². The predicted molar refractivity (Wildman–Crippen MR) is 115 cm³/mol. The number of aromatic nitrogens is 1. The minimum Gasteiger partial charge on any atom is -0.457 e. The number of hydrogen-bond donors (Lipinski definition) is 1. The molecular formula is C21H18F3N3O4S2. The number of sulfonamides is 1. The van der Waals surface area contributed by atoms with Gasteiger partial charge in [0.2, 0.25) is 4.34 Å². The number of thiazole rings is 1. The fourth-order valence-corrected chi connectivity index (χ4v) is 5.15. The van der Waals surface area contributed by atoms with Crippen LogP contribution in [0.3, 0.4) is 0 Å². The van der Waals surface area contributed by atoms with E-state index >= 15 is 0 Å². The highest BCUT2D eigenvalue weighted by atomic mass is 32.2. The van der Waals surface area contributed by atoms with Crippen LogP contribution in [0.2, 0.25) is 0 Å². The van der Waals surface area contributed by atoms with Gasteiger partial charge in [-0.15, -0.1) is 11.3 Å². The van der Waals surface area contributed by atoms with Crippen LogP contribution in [-0.2, 0) is 29.2 Å². The van der Waals surface area contributed by atoms with Crippen molar-refractivity contribution in [2.45, 2.75) is 23.5 Å². The number of nitrogens with one attached hydrogen (secondary N) is 1. The largest absolute Gasteiger partial charge is 0.457 e. The highest BCUT2D eigenvalue weighted by Gasteiger charge is 2.30. The Morgan fingerprint density at radius 2 is 1.82 bits per heavy atom. The third-order valence-corrected chi connectivity index (χ3v) is 7.76. The summed E-state index contributed by atoms with van der Waals surface area (Å²) in [5.41, 5.74) is 1.17. The molecular weight excluding hydrogens is 479 g/mol. The maximum atomic E-state index is 12.8. The van der Waals surface area contributed by atoms with Gasteiger partial charge in [-0.25, -0.2) is 18.1 Å². The molecule has 0 unspecified atom stereocenters. The van der Waals surface area contributed by atoms with Crippen molar-refractivity contribution in [2.24, 2.45) is 0 Å². The van der Waals surface area contributed by atoms with Crippen molar-refractivity contribution in [1.29, 1.82) is 0 Å². The lowest BCUT2D eigenvalue weighted by Crippen LogP contribution is -2.36. The summed E-state index contributed by atoms with van der Waals surface area (Å²) in [5.74, 6) is 0.403. The monoisotopic (exact) mass is 497 g/mol. The zero-order valence-electron chi connectivity index (χ0n) is 17.2. The van der Waals surface area contributed by atoms with E-state index in [0.717, 1.165) is 34.6 Å². The second-order valence-electron chi connectivity index (χ2n) is 7.24. The lowest BCUT2D eigenvalue weighted by atomic mass is 9.99. The van der Waals surface area contributed by atoms with Crippen LogP contribution in [0.4, 0.5) is 13.2 Å². The molecule has 1 aliphatic heterocycles. The second kappa shape index (κ2) is 8.76. The quantitative estimate of drug-likeness (QED) is 0.574. The first-order valence-corrected chi connectivity index (χ1v) is 12.1. The molecule has 174 valence electrons. The van der Waals surface area contributed by atoms with Gasteiger partial charge in [-0.05, 0) is 61.0 Å². The highest BCUT2D eigenvalue weighted by molar-refractivity contribution is 7.91. The van der Waals surface area contributed by atoms with Gasteiger partial charge in [0.1, 0.15) is 17.2 Å². The number of fused-ring (bicyclic) bond motifs is 1. The van der Waals surface area contributed by atoms with Crippen LogP contribution in [0, 0.1) is 0 Å². The molecule has 0 radical (unpaired) electrons. The maximum Gasteiger partial charge on any atom is 0.416 e. The summed E-state index contributed by atoms with van der Waals surface area (Å²) in [6.45, 7) is 0.724. The molecule has 0 bridgehead atoms. The van der Waals surface area contributed by atoms with E-state index in [9.17, 15) is 26.4 Å². The van der Waals surface area contributed by atoms with Gasteiger partial charge >= 0.3 is 6.18 Å². The summed E-state index contributed by atoms with van der Waals surface area (Å²) in [6, 6.07) is 9.73. The normalized spacial score (nSPS) is 14.1. The average molecular weight is 498 g/mol. The van der Waals surface area contributed by atoms with E-state index in [1.54, 1.807) is 23.1 Å². The summed E-state index contributed by atoms with van der Waals surface area (Å²) in [4.78, 5) is 18.3. The smallest absolute Gasteiger partial charge is 0.416 e. The molecule has 33 heavy (non-hydrogen) atoms. The molecule has 1 N–H and O–H groups in total. The number of carbonyl (C=O) groups excluding carboxylic acids is 1. The zero-order valence-corrected chi connectivity index (χ0v) is 18.9. The van der Waals surface area contributed by atoms with Crippen molar-refractivity contribution in [2.75, 3.05) is 13.6 Å². The van der Waals surface area contributed by atoms with Crippen molar-refractivity contribution in [3.63, 3.8) is 0 Å². The van der Waals surface area contributed by atoms with E-state index in [1.807, 2.05) is 0 Å². The Kier molecular flexibility index (Phi) is 6.16. The van der Waals surface area contributed by atoms with Crippen molar-refractivity contribution in [3.05, 3.63) is 70.2 Å². The number of rotatable bonds is 5. The Labute approximate surface area is 191 Å². The van der Waals surface area contributed by atoms with Crippen molar-refractivity contribution >= 4 is 27.3 Å². The number of alkyl halides is 3. The predicted octanol–water partition coefficient (Wildman–Crippen LogP) is 4.06. The molecule has 12 heteroatoms. The highest BCUT2D eigenvalue weighted by Crippen LogP contribution is 2.32. The van der Waals surface area contributed by atoms with Gasteiger partial charge in [0.15, 0.2) is 0 Å². The van der Waals surface area contributed by atoms with Gasteiger partial charge in [-0.3, -0.25) is 4.79 Å². The van der Waals surface area contributed by atoms with Gasteiger partial charge in [0, 0.05) is 18.5 Å². The third kappa shape index (κ3) is 5.02. The van der Waals surface area contributed by atoms with Crippen LogP contribution < -0.4 is 9.46 Å². The minimum atomic E-state index is -4.41. The molecule has 1 amide bonds. The Bertz CT molecular complexity index is 1290. The van der Waals surface area contributed by atoms with Crippen molar-refractivity contribution in [1.82, 2.24) is 14.6 Å². The van der Waals surface area contributed by atoms with E-state index in [-0.39, 0.29) is 21.7 Å². The number of halogens is 3. The molecule has 2 aromatic carbocycles. The number of hydrogen-bond acceptors (Lipinski definition) is 6. The number of carbonyl (C=O) groups is 1. The second-order valence-corrected chi connectivity index (χ2v) is 10.2. The number of benzene rings is 2. The van der Waals surface area contributed by atoms with Gasteiger partial charge in [-0.1, -0.05) is 6.07 Å². The SMILES string of the molecule is CNS(=O)(=O)c1nc(C(=O)N2CCc3cc(Oc4ccc(C(F)(F)F)cc4)ccc3C2)cs1. The molecule has 1 aromatic heterocycles. The molecule has 0 aliphatic carbocycles. The lowest BCUT2D eigenvalue weighted by molar-refractivity contribution is -0.137. The Morgan fingerprint density at radius 1 is 1.12 bits per heavy atom. The van der Waals surface area contributed by atoms with Crippen LogP contribution in [0.25, 0.3) is 0 Å².